The van der Waals surface area contributed by atoms with Gasteiger partial charge in [0.25, 0.3) is 0 Å². The van der Waals surface area contributed by atoms with E-state index in [1.165, 1.54) is 6.42 Å². The lowest BCUT2D eigenvalue weighted by Gasteiger charge is -2.22. The van der Waals surface area contributed by atoms with Gasteiger partial charge < -0.3 is 15.5 Å². The lowest BCUT2D eigenvalue weighted by Crippen LogP contribution is -2.47. The summed E-state index contributed by atoms with van der Waals surface area (Å²) in [6.45, 7) is 14.5. The topological polar surface area (TPSA) is 60.0 Å². The van der Waals surface area contributed by atoms with Crippen molar-refractivity contribution in [3.8, 4) is 0 Å². The summed E-state index contributed by atoms with van der Waals surface area (Å²) >= 11 is 0. The molecular formula is C20H40IN5O. The van der Waals surface area contributed by atoms with Crippen LogP contribution in [-0.2, 0) is 4.79 Å². The van der Waals surface area contributed by atoms with E-state index in [9.17, 15) is 4.79 Å². The van der Waals surface area contributed by atoms with Crippen molar-refractivity contribution in [3.05, 3.63) is 0 Å². The molecule has 0 spiro atoms. The van der Waals surface area contributed by atoms with E-state index in [-0.39, 0.29) is 24.0 Å². The standard InChI is InChI=1S/C20H39N5O.HI/c1-5-21-20(23-18-15-25(16(2)3)14-17(18)4)22-11-9-13-24-12-8-6-7-10-19(24)26;/h16-18H,5-15H2,1-4H3,(H2,21,22,23);1H. The number of carbonyl (C=O) groups is 1. The molecule has 2 saturated heterocycles. The van der Waals surface area contributed by atoms with E-state index in [1.807, 2.05) is 4.90 Å². The summed E-state index contributed by atoms with van der Waals surface area (Å²) < 4.78 is 0. The first-order valence-corrected chi connectivity index (χ1v) is 10.6. The number of nitrogens with zero attached hydrogens (tertiary/aromatic N) is 3. The highest BCUT2D eigenvalue weighted by Gasteiger charge is 2.31. The molecule has 2 aliphatic rings. The third-order valence-corrected chi connectivity index (χ3v) is 5.56. The molecule has 2 N–H and O–H groups in total. The Morgan fingerprint density at radius 2 is 2.04 bits per heavy atom. The summed E-state index contributed by atoms with van der Waals surface area (Å²) in [4.78, 5) is 21.4. The van der Waals surface area contributed by atoms with E-state index >= 15 is 0 Å². The summed E-state index contributed by atoms with van der Waals surface area (Å²) in [7, 11) is 0. The quantitative estimate of drug-likeness (QED) is 0.248. The van der Waals surface area contributed by atoms with Gasteiger partial charge in [-0.1, -0.05) is 13.3 Å². The minimum absolute atomic E-state index is 0. The van der Waals surface area contributed by atoms with Crippen LogP contribution in [0.15, 0.2) is 4.99 Å². The molecule has 0 aromatic carbocycles. The fraction of sp³-hybridized carbons (Fsp3) is 0.900. The van der Waals surface area contributed by atoms with E-state index in [1.54, 1.807) is 0 Å². The number of rotatable bonds is 7. The Labute approximate surface area is 182 Å². The predicted octanol–water partition coefficient (Wildman–Crippen LogP) is 2.68. The van der Waals surface area contributed by atoms with Gasteiger partial charge in [0, 0.05) is 57.8 Å². The predicted molar refractivity (Wildman–Crippen MR) is 124 cm³/mol. The van der Waals surface area contributed by atoms with Crippen molar-refractivity contribution >= 4 is 35.8 Å². The van der Waals surface area contributed by atoms with Gasteiger partial charge in [0.15, 0.2) is 5.96 Å². The minimum atomic E-state index is 0. The summed E-state index contributed by atoms with van der Waals surface area (Å²) in [6, 6.07) is 1.04. The van der Waals surface area contributed by atoms with Crippen LogP contribution in [0.1, 0.15) is 59.8 Å². The Bertz CT molecular complexity index is 471. The van der Waals surface area contributed by atoms with Crippen molar-refractivity contribution < 1.29 is 4.79 Å². The second-order valence-electron chi connectivity index (χ2n) is 8.08. The molecule has 6 nitrogen and oxygen atoms in total. The SMILES string of the molecule is CCNC(=NCCCN1CCCCCC1=O)NC1CN(C(C)C)CC1C.I. The minimum Gasteiger partial charge on any atom is -0.357 e. The first-order valence-electron chi connectivity index (χ1n) is 10.6. The van der Waals surface area contributed by atoms with Gasteiger partial charge in [-0.15, -0.1) is 24.0 Å². The lowest BCUT2D eigenvalue weighted by atomic mass is 10.1. The largest absolute Gasteiger partial charge is 0.357 e. The third kappa shape index (κ3) is 8.13. The zero-order chi connectivity index (χ0) is 18.9. The van der Waals surface area contributed by atoms with Crippen molar-refractivity contribution in [3.63, 3.8) is 0 Å². The average Bonchev–Trinajstić information content (AvgIpc) is 2.84. The zero-order valence-corrected chi connectivity index (χ0v) is 20.0. The van der Waals surface area contributed by atoms with Crippen molar-refractivity contribution in [2.45, 2.75) is 71.9 Å². The maximum absolute atomic E-state index is 12.1. The highest BCUT2D eigenvalue weighted by molar-refractivity contribution is 14.0. The number of aliphatic imine (C=N–C) groups is 1. The van der Waals surface area contributed by atoms with Gasteiger partial charge in [-0.25, -0.2) is 0 Å². The molecule has 0 radical (unpaired) electrons. The monoisotopic (exact) mass is 493 g/mol. The third-order valence-electron chi connectivity index (χ3n) is 5.56. The summed E-state index contributed by atoms with van der Waals surface area (Å²) in [6.07, 6.45) is 5.03. The Morgan fingerprint density at radius 1 is 1.26 bits per heavy atom. The van der Waals surface area contributed by atoms with Crippen LogP contribution in [-0.4, -0.2) is 73.0 Å². The zero-order valence-electron chi connectivity index (χ0n) is 17.7. The second-order valence-corrected chi connectivity index (χ2v) is 8.08. The van der Waals surface area contributed by atoms with Gasteiger partial charge in [0.05, 0.1) is 0 Å². The Morgan fingerprint density at radius 3 is 2.70 bits per heavy atom. The number of nitrogens with one attached hydrogen (secondary N) is 2. The van der Waals surface area contributed by atoms with Crippen molar-refractivity contribution in [1.29, 1.82) is 0 Å². The summed E-state index contributed by atoms with van der Waals surface area (Å²) in [5.41, 5.74) is 0. The Hall–Kier alpha value is -0.570. The number of halogens is 1. The molecule has 7 heteroatoms. The van der Waals surface area contributed by atoms with E-state index in [0.29, 0.717) is 23.9 Å². The van der Waals surface area contributed by atoms with Gasteiger partial charge in [-0.2, -0.15) is 0 Å². The van der Waals surface area contributed by atoms with Crippen LogP contribution >= 0.6 is 24.0 Å². The molecule has 0 saturated carbocycles. The molecule has 2 aliphatic heterocycles. The molecule has 1 amide bonds. The molecule has 0 aromatic heterocycles. The Kier molecular flexibility index (Phi) is 11.6. The van der Waals surface area contributed by atoms with Gasteiger partial charge in [-0.3, -0.25) is 14.7 Å². The fourth-order valence-electron chi connectivity index (χ4n) is 3.84. The van der Waals surface area contributed by atoms with Crippen LogP contribution < -0.4 is 10.6 Å². The van der Waals surface area contributed by atoms with E-state index < -0.39 is 0 Å². The molecule has 2 rings (SSSR count). The molecule has 0 aromatic rings. The number of carbonyl (C=O) groups excluding carboxylic acids is 1. The molecule has 158 valence electrons. The van der Waals surface area contributed by atoms with Crippen LogP contribution in [0, 0.1) is 5.92 Å². The number of hydrogen-bond acceptors (Lipinski definition) is 3. The van der Waals surface area contributed by atoms with E-state index in [4.69, 9.17) is 4.99 Å². The molecule has 27 heavy (non-hydrogen) atoms. The first-order chi connectivity index (χ1) is 12.5. The van der Waals surface area contributed by atoms with Gasteiger partial charge in [-0.05, 0) is 46.0 Å². The Balaban J connectivity index is 0.00000364. The number of hydrogen-bond donors (Lipinski definition) is 2. The maximum atomic E-state index is 12.1. The number of likely N-dealkylation sites (tertiary alicyclic amines) is 2. The van der Waals surface area contributed by atoms with Gasteiger partial charge >= 0.3 is 0 Å². The van der Waals surface area contributed by atoms with E-state index in [2.05, 4.69) is 43.2 Å². The van der Waals surface area contributed by atoms with Crippen molar-refractivity contribution in [2.24, 2.45) is 10.9 Å². The smallest absolute Gasteiger partial charge is 0.222 e. The highest BCUT2D eigenvalue weighted by atomic mass is 127. The normalized spacial score (nSPS) is 24.7. The molecule has 2 atom stereocenters. The molecular weight excluding hydrogens is 453 g/mol. The van der Waals surface area contributed by atoms with Crippen molar-refractivity contribution in [1.82, 2.24) is 20.4 Å². The van der Waals surface area contributed by atoms with Crippen LogP contribution in [0.3, 0.4) is 0 Å². The van der Waals surface area contributed by atoms with Crippen LogP contribution in [0.4, 0.5) is 0 Å². The molecule has 0 aliphatic carbocycles. The van der Waals surface area contributed by atoms with Gasteiger partial charge in [0.2, 0.25) is 5.91 Å². The first kappa shape index (κ1) is 24.5. The van der Waals surface area contributed by atoms with Crippen LogP contribution in [0.25, 0.3) is 0 Å². The summed E-state index contributed by atoms with van der Waals surface area (Å²) in [5.74, 6) is 1.86. The maximum Gasteiger partial charge on any atom is 0.222 e. The number of amides is 1. The average molecular weight is 493 g/mol. The van der Waals surface area contributed by atoms with Crippen molar-refractivity contribution in [2.75, 3.05) is 39.3 Å². The summed E-state index contributed by atoms with van der Waals surface area (Å²) in [5, 5.41) is 7.00. The van der Waals surface area contributed by atoms with Gasteiger partial charge in [0.1, 0.15) is 0 Å². The molecule has 2 unspecified atom stereocenters. The number of guanidine groups is 1. The lowest BCUT2D eigenvalue weighted by molar-refractivity contribution is -0.130. The molecule has 2 heterocycles. The molecule has 2 fully saturated rings. The molecule has 0 bridgehead atoms. The van der Waals surface area contributed by atoms with Crippen LogP contribution in [0.2, 0.25) is 0 Å². The highest BCUT2D eigenvalue weighted by Crippen LogP contribution is 2.18. The van der Waals surface area contributed by atoms with Crippen LogP contribution in [0.5, 0.6) is 0 Å². The van der Waals surface area contributed by atoms with E-state index in [0.717, 1.165) is 70.9 Å². The second kappa shape index (κ2) is 12.8. The fourth-order valence-corrected chi connectivity index (χ4v) is 3.84.